The van der Waals surface area contributed by atoms with Gasteiger partial charge in [0.25, 0.3) is 5.91 Å². The van der Waals surface area contributed by atoms with Crippen molar-refractivity contribution >= 4 is 22.8 Å². The van der Waals surface area contributed by atoms with E-state index in [9.17, 15) is 4.79 Å². The highest BCUT2D eigenvalue weighted by Crippen LogP contribution is 2.32. The molecule has 150 valence electrons. The van der Waals surface area contributed by atoms with Crippen LogP contribution in [-0.2, 0) is 0 Å². The lowest BCUT2D eigenvalue weighted by Crippen LogP contribution is -2.27. The van der Waals surface area contributed by atoms with Crippen LogP contribution >= 0.6 is 0 Å². The van der Waals surface area contributed by atoms with Crippen LogP contribution in [0.25, 0.3) is 22.0 Å². The zero-order valence-corrected chi connectivity index (χ0v) is 16.8. The van der Waals surface area contributed by atoms with Crippen LogP contribution in [0.5, 0.6) is 5.88 Å². The Balaban J connectivity index is 1.59. The van der Waals surface area contributed by atoms with E-state index in [-0.39, 0.29) is 11.9 Å². The van der Waals surface area contributed by atoms with Crippen molar-refractivity contribution in [3.05, 3.63) is 48.0 Å². The standard InChI is InChI=1S/C23H26N4O2/c1-14(2)12-25-21(28)17-7-5-16(6-8-17)18-9-10-20-19(11-18)22(27-23(24)26-20)29-13-15-3-4-15/h5-11,14-15H,3-4,12-13H2,1-2H3,(H,25,28)(H2,24,26,27). The number of rotatable bonds is 7. The molecule has 0 spiro atoms. The fraction of sp³-hybridized carbons (Fsp3) is 0.348. The fourth-order valence-corrected chi connectivity index (χ4v) is 3.10. The van der Waals surface area contributed by atoms with E-state index in [0.29, 0.717) is 36.4 Å². The van der Waals surface area contributed by atoms with E-state index in [1.54, 1.807) is 0 Å². The van der Waals surface area contributed by atoms with Crippen molar-refractivity contribution in [2.75, 3.05) is 18.9 Å². The Bertz CT molecular complexity index is 1030. The maximum Gasteiger partial charge on any atom is 0.251 e. The van der Waals surface area contributed by atoms with Gasteiger partial charge < -0.3 is 15.8 Å². The molecule has 6 heteroatoms. The summed E-state index contributed by atoms with van der Waals surface area (Å²) in [5.74, 6) is 1.74. The zero-order valence-electron chi connectivity index (χ0n) is 16.8. The average Bonchev–Trinajstić information content (AvgIpc) is 3.54. The Morgan fingerprint density at radius 2 is 1.86 bits per heavy atom. The number of nitrogens with one attached hydrogen (secondary N) is 1. The van der Waals surface area contributed by atoms with Crippen LogP contribution in [0, 0.1) is 11.8 Å². The third-order valence-electron chi connectivity index (χ3n) is 4.98. The van der Waals surface area contributed by atoms with Crippen molar-refractivity contribution in [3.63, 3.8) is 0 Å². The highest BCUT2D eigenvalue weighted by atomic mass is 16.5. The van der Waals surface area contributed by atoms with Gasteiger partial charge >= 0.3 is 0 Å². The molecule has 0 bridgehead atoms. The van der Waals surface area contributed by atoms with Gasteiger partial charge in [-0.2, -0.15) is 4.98 Å². The van der Waals surface area contributed by atoms with E-state index in [1.807, 2.05) is 42.5 Å². The van der Waals surface area contributed by atoms with Crippen LogP contribution in [0.15, 0.2) is 42.5 Å². The van der Waals surface area contributed by atoms with E-state index in [4.69, 9.17) is 10.5 Å². The normalized spacial score (nSPS) is 13.6. The largest absolute Gasteiger partial charge is 0.477 e. The molecule has 1 aliphatic rings. The highest BCUT2D eigenvalue weighted by Gasteiger charge is 2.23. The first-order chi connectivity index (χ1) is 14.0. The van der Waals surface area contributed by atoms with Crippen molar-refractivity contribution in [1.82, 2.24) is 15.3 Å². The summed E-state index contributed by atoms with van der Waals surface area (Å²) in [7, 11) is 0. The predicted octanol–water partition coefficient (Wildman–Crippen LogP) is 4.05. The van der Waals surface area contributed by atoms with E-state index in [0.717, 1.165) is 22.0 Å². The summed E-state index contributed by atoms with van der Waals surface area (Å²) < 4.78 is 5.93. The van der Waals surface area contributed by atoms with Crippen LogP contribution in [0.4, 0.5) is 5.95 Å². The smallest absolute Gasteiger partial charge is 0.251 e. The average molecular weight is 390 g/mol. The second-order valence-corrected chi connectivity index (χ2v) is 8.05. The summed E-state index contributed by atoms with van der Waals surface area (Å²) in [5, 5.41) is 3.78. The van der Waals surface area contributed by atoms with Gasteiger partial charge in [0.2, 0.25) is 11.8 Å². The van der Waals surface area contributed by atoms with Crippen molar-refractivity contribution in [2.24, 2.45) is 11.8 Å². The number of nitrogens with zero attached hydrogens (tertiary/aromatic N) is 2. The van der Waals surface area contributed by atoms with Gasteiger partial charge in [0, 0.05) is 12.1 Å². The molecule has 2 aromatic carbocycles. The molecule has 0 atom stereocenters. The summed E-state index contributed by atoms with van der Waals surface area (Å²) in [4.78, 5) is 20.8. The lowest BCUT2D eigenvalue weighted by Gasteiger charge is -2.11. The molecule has 1 fully saturated rings. The number of fused-ring (bicyclic) bond motifs is 1. The van der Waals surface area contributed by atoms with Crippen LogP contribution in [-0.4, -0.2) is 29.0 Å². The number of amides is 1. The maximum absolute atomic E-state index is 12.2. The molecule has 1 aliphatic carbocycles. The number of carbonyl (C=O) groups is 1. The number of anilines is 1. The molecule has 29 heavy (non-hydrogen) atoms. The Morgan fingerprint density at radius 1 is 1.14 bits per heavy atom. The molecule has 4 rings (SSSR count). The minimum Gasteiger partial charge on any atom is -0.477 e. The van der Waals surface area contributed by atoms with Gasteiger partial charge in [-0.05, 0) is 60.1 Å². The van der Waals surface area contributed by atoms with Crippen LogP contribution in [0.1, 0.15) is 37.0 Å². The number of carbonyl (C=O) groups excluding carboxylic acids is 1. The topological polar surface area (TPSA) is 90.1 Å². The first-order valence-corrected chi connectivity index (χ1v) is 10.1. The Labute approximate surface area is 170 Å². The third kappa shape index (κ3) is 4.65. The molecule has 3 aromatic rings. The predicted molar refractivity (Wildman–Crippen MR) is 115 cm³/mol. The molecule has 0 radical (unpaired) electrons. The molecule has 0 unspecified atom stereocenters. The Kier molecular flexibility index (Phi) is 5.34. The number of hydrogen-bond acceptors (Lipinski definition) is 5. The summed E-state index contributed by atoms with van der Waals surface area (Å²) >= 11 is 0. The first kappa shape index (κ1) is 19.2. The molecule has 1 heterocycles. The minimum absolute atomic E-state index is 0.0524. The Morgan fingerprint density at radius 3 is 2.55 bits per heavy atom. The van der Waals surface area contributed by atoms with Crippen molar-refractivity contribution in [1.29, 1.82) is 0 Å². The SMILES string of the molecule is CC(C)CNC(=O)c1ccc(-c2ccc3nc(N)nc(OCC4CC4)c3c2)cc1. The maximum atomic E-state index is 12.2. The summed E-state index contributed by atoms with van der Waals surface area (Å²) in [6, 6.07) is 13.5. The second-order valence-electron chi connectivity index (χ2n) is 8.05. The highest BCUT2D eigenvalue weighted by molar-refractivity contribution is 5.95. The van der Waals surface area contributed by atoms with Gasteiger partial charge in [-0.3, -0.25) is 4.79 Å². The van der Waals surface area contributed by atoms with Crippen LogP contribution in [0.2, 0.25) is 0 Å². The van der Waals surface area contributed by atoms with Crippen molar-refractivity contribution < 1.29 is 9.53 Å². The summed E-state index contributed by atoms with van der Waals surface area (Å²) in [6.07, 6.45) is 2.42. The first-order valence-electron chi connectivity index (χ1n) is 10.1. The number of aromatic nitrogens is 2. The van der Waals surface area contributed by atoms with Crippen molar-refractivity contribution in [3.8, 4) is 17.0 Å². The fourth-order valence-electron chi connectivity index (χ4n) is 3.10. The molecular weight excluding hydrogens is 364 g/mol. The zero-order chi connectivity index (χ0) is 20.4. The van der Waals surface area contributed by atoms with Gasteiger partial charge in [0.15, 0.2) is 0 Å². The third-order valence-corrected chi connectivity index (χ3v) is 4.98. The summed E-state index contributed by atoms with van der Waals surface area (Å²) in [5.41, 5.74) is 9.28. The number of nitrogens with two attached hydrogens (primary N) is 1. The number of ether oxygens (including phenoxy) is 1. The van der Waals surface area contributed by atoms with E-state index >= 15 is 0 Å². The van der Waals surface area contributed by atoms with Gasteiger partial charge in [-0.1, -0.05) is 32.0 Å². The van der Waals surface area contributed by atoms with Crippen LogP contribution < -0.4 is 15.8 Å². The number of benzene rings is 2. The summed E-state index contributed by atoms with van der Waals surface area (Å²) in [6.45, 7) is 5.47. The van der Waals surface area contributed by atoms with E-state index in [2.05, 4.69) is 29.1 Å². The molecule has 3 N–H and O–H groups in total. The molecule has 0 saturated heterocycles. The van der Waals surface area contributed by atoms with Gasteiger partial charge in [-0.15, -0.1) is 0 Å². The number of hydrogen-bond donors (Lipinski definition) is 2. The van der Waals surface area contributed by atoms with Crippen molar-refractivity contribution in [2.45, 2.75) is 26.7 Å². The molecule has 1 aromatic heterocycles. The Hall–Kier alpha value is -3.15. The molecule has 1 amide bonds. The molecule has 6 nitrogen and oxygen atoms in total. The van der Waals surface area contributed by atoms with Crippen LogP contribution in [0.3, 0.4) is 0 Å². The molecular formula is C23H26N4O2. The second kappa shape index (κ2) is 8.07. The monoisotopic (exact) mass is 390 g/mol. The lowest BCUT2D eigenvalue weighted by atomic mass is 10.0. The molecule has 0 aliphatic heterocycles. The van der Waals surface area contributed by atoms with Gasteiger partial charge in [0.05, 0.1) is 17.5 Å². The number of nitrogen functional groups attached to an aromatic ring is 1. The van der Waals surface area contributed by atoms with E-state index in [1.165, 1.54) is 12.8 Å². The lowest BCUT2D eigenvalue weighted by molar-refractivity contribution is 0.0949. The van der Waals surface area contributed by atoms with Gasteiger partial charge in [0.1, 0.15) is 0 Å². The van der Waals surface area contributed by atoms with E-state index < -0.39 is 0 Å². The molecule has 1 saturated carbocycles. The minimum atomic E-state index is -0.0524. The van der Waals surface area contributed by atoms with Gasteiger partial charge in [-0.25, -0.2) is 4.98 Å². The quantitative estimate of drug-likeness (QED) is 0.635.